The third-order valence-electron chi connectivity index (χ3n) is 11.7. The van der Waals surface area contributed by atoms with Crippen LogP contribution in [0.5, 0.6) is 0 Å². The lowest BCUT2D eigenvalue weighted by Gasteiger charge is -2.63. The highest BCUT2D eigenvalue weighted by Crippen LogP contribution is 2.73. The van der Waals surface area contributed by atoms with Gasteiger partial charge in [-0.2, -0.15) is 0 Å². The molecular weight excluding hydrogens is 615 g/mol. The molecule has 0 bridgehead atoms. The summed E-state index contributed by atoms with van der Waals surface area (Å²) >= 11 is 0.479. The molecule has 3 saturated carbocycles. The molecule has 0 unspecified atom stereocenters. The van der Waals surface area contributed by atoms with Crippen molar-refractivity contribution in [3.8, 4) is 0 Å². The Morgan fingerprint density at radius 3 is 2.59 bits per heavy atom. The molecule has 0 aromatic heterocycles. The summed E-state index contributed by atoms with van der Waals surface area (Å²) in [5, 5.41) is 14.3. The van der Waals surface area contributed by atoms with E-state index >= 15 is 8.78 Å². The highest BCUT2D eigenvalue weighted by molar-refractivity contribution is 8.13. The molecule has 0 amide bonds. The molecule has 10 heteroatoms. The molecule has 6 nitrogen and oxygen atoms in total. The summed E-state index contributed by atoms with van der Waals surface area (Å²) in [7, 11) is 1.87. The van der Waals surface area contributed by atoms with Crippen LogP contribution < -0.4 is 5.32 Å². The molecule has 0 radical (unpaired) electrons. The van der Waals surface area contributed by atoms with Gasteiger partial charge in [0.15, 0.2) is 23.3 Å². The number of rotatable bonds is 6. The predicted octanol–water partition coefficient (Wildman–Crippen LogP) is 6.59. The number of ether oxygens (including phenoxy) is 2. The van der Waals surface area contributed by atoms with Gasteiger partial charge in [0.05, 0.1) is 12.2 Å². The molecule has 4 aliphatic carbocycles. The Morgan fingerprint density at radius 1 is 1.11 bits per heavy atom. The normalized spacial score (nSPS) is 40.8. The number of carbonyl (C=O) groups excluding carboxylic acids is 2. The standard InChI is InChI=1S/C36H38F3NO5S/c1-33-12-11-24(41)15-27(33)28(38)16-26-25-17-30-36(32(43)46-19-37,34(25,2)18-29(42)35(26,33)39)45-31(44-30)22-9-7-20(8-10-22)13-21-5-4-6-23(14-21)40-3/h4-12,14-15,25-26,28-31,40,42H,13,16-19H2,1-3H3/t25-,26-,28-,29-,30+,31+,33-,34-,35-,36-/m0/s1. The molecule has 5 aliphatic rings. The smallest absolute Gasteiger partial charge is 0.226 e. The van der Waals surface area contributed by atoms with Crippen LogP contribution in [0.25, 0.3) is 0 Å². The van der Waals surface area contributed by atoms with Crippen molar-refractivity contribution in [3.63, 3.8) is 0 Å². The highest BCUT2D eigenvalue weighted by atomic mass is 32.2. The Labute approximate surface area is 270 Å². The van der Waals surface area contributed by atoms with Gasteiger partial charge in [-0.3, -0.25) is 9.59 Å². The van der Waals surface area contributed by atoms with Crippen LogP contribution in [0.15, 0.2) is 72.3 Å². The summed E-state index contributed by atoms with van der Waals surface area (Å²) < 4.78 is 60.3. The minimum Gasteiger partial charge on any atom is -0.390 e. The number of alkyl halides is 3. The van der Waals surface area contributed by atoms with Gasteiger partial charge in [0.25, 0.3) is 0 Å². The Balaban J connectivity index is 1.21. The molecule has 244 valence electrons. The second-order valence-electron chi connectivity index (χ2n) is 13.8. The van der Waals surface area contributed by atoms with Crippen molar-refractivity contribution in [2.45, 2.75) is 75.5 Å². The Morgan fingerprint density at radius 2 is 1.87 bits per heavy atom. The lowest BCUT2D eigenvalue weighted by Crippen LogP contribution is -2.70. The predicted molar refractivity (Wildman–Crippen MR) is 169 cm³/mol. The summed E-state index contributed by atoms with van der Waals surface area (Å²) in [6.45, 7) is 3.30. The van der Waals surface area contributed by atoms with Gasteiger partial charge in [-0.1, -0.05) is 61.2 Å². The molecule has 2 aromatic rings. The molecule has 1 heterocycles. The number of thioether (sulfide) groups is 1. The van der Waals surface area contributed by atoms with E-state index in [1.165, 1.54) is 19.1 Å². The minimum atomic E-state index is -2.30. The Hall–Kier alpha value is -2.92. The number of aliphatic hydroxyl groups is 1. The van der Waals surface area contributed by atoms with E-state index in [4.69, 9.17) is 9.47 Å². The highest BCUT2D eigenvalue weighted by Gasteiger charge is 2.80. The number of aliphatic hydroxyl groups excluding tert-OH is 1. The number of benzene rings is 2. The van der Waals surface area contributed by atoms with E-state index in [1.54, 1.807) is 6.92 Å². The van der Waals surface area contributed by atoms with Gasteiger partial charge in [0, 0.05) is 35.0 Å². The Kier molecular flexibility index (Phi) is 7.62. The van der Waals surface area contributed by atoms with Crippen LogP contribution in [-0.2, 0) is 25.5 Å². The third-order valence-corrected chi connectivity index (χ3v) is 12.4. The van der Waals surface area contributed by atoms with Crippen LogP contribution in [0.2, 0.25) is 0 Å². The first kappa shape index (κ1) is 31.7. The molecule has 0 spiro atoms. The van der Waals surface area contributed by atoms with E-state index in [0.29, 0.717) is 23.7 Å². The topological polar surface area (TPSA) is 84.9 Å². The van der Waals surface area contributed by atoms with E-state index < -0.39 is 75.5 Å². The fourth-order valence-electron chi connectivity index (χ4n) is 9.47. The number of hydrogen-bond acceptors (Lipinski definition) is 7. The average molecular weight is 654 g/mol. The SMILES string of the molecule is CNc1cccc(Cc2ccc([C@@H]3O[C@@H]4C[C@H]5[C@@H]6C[C@H](F)C7=CC(=O)C=C[C@]7(C)[C@@]6(F)[C@@H](O)C[C@]5(C)[C@]4(C(=O)SCF)O3)cc2)c1. The summed E-state index contributed by atoms with van der Waals surface area (Å²) in [6, 6.07) is 14.8. The van der Waals surface area contributed by atoms with Crippen LogP contribution in [0, 0.1) is 22.7 Å². The van der Waals surface area contributed by atoms with Crippen molar-refractivity contribution in [2.75, 3.05) is 18.4 Å². The van der Waals surface area contributed by atoms with Crippen molar-refractivity contribution in [2.24, 2.45) is 22.7 Å². The molecule has 2 aromatic carbocycles. The first-order chi connectivity index (χ1) is 21.9. The second kappa shape index (κ2) is 11.1. The summed E-state index contributed by atoms with van der Waals surface area (Å²) in [5.41, 5.74) is -2.79. The van der Waals surface area contributed by atoms with Crippen LogP contribution in [0.4, 0.5) is 18.9 Å². The maximum atomic E-state index is 17.6. The average Bonchev–Trinajstić information content (AvgIpc) is 3.54. The summed E-state index contributed by atoms with van der Waals surface area (Å²) in [5.74, 6) is -2.04. The number of ketones is 1. The molecule has 1 saturated heterocycles. The molecule has 46 heavy (non-hydrogen) atoms. The van der Waals surface area contributed by atoms with Gasteiger partial charge in [-0.15, -0.1) is 0 Å². The van der Waals surface area contributed by atoms with Crippen molar-refractivity contribution in [3.05, 3.63) is 89.0 Å². The molecule has 1 aliphatic heterocycles. The quantitative estimate of drug-likeness (QED) is 0.364. The fourth-order valence-corrected chi connectivity index (χ4v) is 10.2. The second-order valence-corrected chi connectivity index (χ2v) is 14.7. The van der Waals surface area contributed by atoms with Gasteiger partial charge in [0.2, 0.25) is 5.12 Å². The number of halogens is 3. The minimum absolute atomic E-state index is 0.0316. The number of nitrogens with one attached hydrogen (secondary N) is 1. The lowest BCUT2D eigenvalue weighted by molar-refractivity contribution is -0.232. The van der Waals surface area contributed by atoms with Crippen molar-refractivity contribution < 1.29 is 37.3 Å². The van der Waals surface area contributed by atoms with E-state index in [1.807, 2.05) is 43.4 Å². The molecule has 10 atom stereocenters. The zero-order valence-corrected chi connectivity index (χ0v) is 26.8. The number of allylic oxidation sites excluding steroid dienone is 4. The molecule has 4 fully saturated rings. The van der Waals surface area contributed by atoms with Crippen molar-refractivity contribution >= 4 is 28.3 Å². The molecule has 7 rings (SSSR count). The molecule has 2 N–H and O–H groups in total. The van der Waals surface area contributed by atoms with E-state index in [-0.39, 0.29) is 24.8 Å². The first-order valence-electron chi connectivity index (χ1n) is 15.8. The van der Waals surface area contributed by atoms with Gasteiger partial charge < -0.3 is 19.9 Å². The van der Waals surface area contributed by atoms with Crippen LogP contribution in [0.1, 0.15) is 56.1 Å². The van der Waals surface area contributed by atoms with E-state index in [2.05, 4.69) is 17.4 Å². The van der Waals surface area contributed by atoms with Gasteiger partial charge in [0.1, 0.15) is 12.2 Å². The van der Waals surface area contributed by atoms with Crippen molar-refractivity contribution in [1.82, 2.24) is 0 Å². The molecular formula is C36H38F3NO5S. The monoisotopic (exact) mass is 653 g/mol. The zero-order chi connectivity index (χ0) is 32.6. The lowest BCUT2D eigenvalue weighted by atomic mass is 9.44. The Bertz CT molecular complexity index is 1630. The van der Waals surface area contributed by atoms with E-state index in [0.717, 1.165) is 22.9 Å². The van der Waals surface area contributed by atoms with Crippen molar-refractivity contribution in [1.29, 1.82) is 0 Å². The number of carbonyl (C=O) groups is 2. The number of anilines is 1. The number of hydrogen-bond donors (Lipinski definition) is 2. The van der Waals surface area contributed by atoms with Gasteiger partial charge >= 0.3 is 0 Å². The fraction of sp³-hybridized carbons (Fsp3) is 0.500. The van der Waals surface area contributed by atoms with Crippen LogP contribution >= 0.6 is 11.8 Å². The first-order valence-corrected chi connectivity index (χ1v) is 16.8. The third kappa shape index (κ3) is 4.29. The summed E-state index contributed by atoms with van der Waals surface area (Å²) in [6.07, 6.45) is -0.805. The van der Waals surface area contributed by atoms with Gasteiger partial charge in [-0.25, -0.2) is 13.2 Å². The maximum absolute atomic E-state index is 17.6. The number of fused-ring (bicyclic) bond motifs is 7. The largest absolute Gasteiger partial charge is 0.390 e. The van der Waals surface area contributed by atoms with Crippen LogP contribution in [0.3, 0.4) is 0 Å². The van der Waals surface area contributed by atoms with Gasteiger partial charge in [-0.05, 0) is 79.5 Å². The summed E-state index contributed by atoms with van der Waals surface area (Å²) in [4.78, 5) is 26.1. The maximum Gasteiger partial charge on any atom is 0.226 e. The zero-order valence-electron chi connectivity index (χ0n) is 26.0. The van der Waals surface area contributed by atoms with E-state index in [9.17, 15) is 19.1 Å². The van der Waals surface area contributed by atoms with Crippen LogP contribution in [-0.4, -0.2) is 58.7 Å².